The van der Waals surface area contributed by atoms with Gasteiger partial charge in [0, 0.05) is 19.7 Å². The standard InChI is InChI=1S/C15H28N2O4/c1-10-12(6-7-21-10)17(5)14(20)16-11(8-13(18)19)9-15(2,3)4/h10-12H,6-9H2,1-5H3,(H,16,20)(H,18,19). The maximum absolute atomic E-state index is 12.3. The summed E-state index contributed by atoms with van der Waals surface area (Å²) in [5, 5.41) is 11.9. The quantitative estimate of drug-likeness (QED) is 0.815. The molecule has 21 heavy (non-hydrogen) atoms. The van der Waals surface area contributed by atoms with Gasteiger partial charge in [-0.15, -0.1) is 0 Å². The molecule has 1 rings (SSSR count). The monoisotopic (exact) mass is 300 g/mol. The van der Waals surface area contributed by atoms with Crippen LogP contribution in [0.4, 0.5) is 4.79 Å². The van der Waals surface area contributed by atoms with Crippen LogP contribution >= 0.6 is 0 Å². The average Bonchev–Trinajstić information content (AvgIpc) is 2.71. The largest absolute Gasteiger partial charge is 0.481 e. The SMILES string of the molecule is CC1OCCC1N(C)C(=O)NC(CC(=O)O)CC(C)(C)C. The van der Waals surface area contributed by atoms with Crippen molar-refractivity contribution in [1.29, 1.82) is 0 Å². The first-order valence-corrected chi connectivity index (χ1v) is 7.47. The molecule has 1 saturated heterocycles. The van der Waals surface area contributed by atoms with Gasteiger partial charge in [-0.1, -0.05) is 20.8 Å². The molecule has 6 nitrogen and oxygen atoms in total. The van der Waals surface area contributed by atoms with Gasteiger partial charge in [-0.05, 0) is 25.2 Å². The molecule has 122 valence electrons. The van der Waals surface area contributed by atoms with E-state index in [2.05, 4.69) is 5.32 Å². The molecule has 1 aliphatic rings. The van der Waals surface area contributed by atoms with Crippen LogP contribution in [-0.2, 0) is 9.53 Å². The third-order valence-electron chi connectivity index (χ3n) is 3.76. The summed E-state index contributed by atoms with van der Waals surface area (Å²) in [6.07, 6.45) is 1.39. The fourth-order valence-electron chi connectivity index (χ4n) is 2.78. The summed E-state index contributed by atoms with van der Waals surface area (Å²) in [5.74, 6) is -0.898. The second-order valence-corrected chi connectivity index (χ2v) is 7.05. The Morgan fingerprint density at radius 1 is 1.43 bits per heavy atom. The predicted octanol–water partition coefficient (Wildman–Crippen LogP) is 2.08. The maximum atomic E-state index is 12.3. The van der Waals surface area contributed by atoms with E-state index in [4.69, 9.17) is 9.84 Å². The highest BCUT2D eigenvalue weighted by molar-refractivity contribution is 5.76. The fraction of sp³-hybridized carbons (Fsp3) is 0.867. The van der Waals surface area contributed by atoms with Crippen molar-refractivity contribution in [2.75, 3.05) is 13.7 Å². The first-order chi connectivity index (χ1) is 9.60. The van der Waals surface area contributed by atoms with E-state index < -0.39 is 5.97 Å². The van der Waals surface area contributed by atoms with Gasteiger partial charge in [0.05, 0.1) is 18.6 Å². The molecule has 3 atom stereocenters. The van der Waals surface area contributed by atoms with Gasteiger partial charge in [-0.3, -0.25) is 4.79 Å². The van der Waals surface area contributed by atoms with Crippen molar-refractivity contribution < 1.29 is 19.4 Å². The molecule has 1 aliphatic heterocycles. The molecule has 2 N–H and O–H groups in total. The Morgan fingerprint density at radius 3 is 2.48 bits per heavy atom. The summed E-state index contributed by atoms with van der Waals surface area (Å²) in [7, 11) is 1.74. The van der Waals surface area contributed by atoms with Gasteiger partial charge >= 0.3 is 12.0 Å². The van der Waals surface area contributed by atoms with E-state index in [0.29, 0.717) is 13.0 Å². The number of nitrogens with one attached hydrogen (secondary N) is 1. The normalized spacial score (nSPS) is 23.7. The van der Waals surface area contributed by atoms with Gasteiger partial charge in [0.2, 0.25) is 0 Å². The molecule has 0 spiro atoms. The number of likely N-dealkylation sites (N-methyl/N-ethyl adjacent to an activating group) is 1. The van der Waals surface area contributed by atoms with Crippen LogP contribution in [-0.4, -0.2) is 53.8 Å². The second-order valence-electron chi connectivity index (χ2n) is 7.05. The molecule has 0 aromatic heterocycles. The Kier molecular flexibility index (Phi) is 6.01. The molecule has 6 heteroatoms. The van der Waals surface area contributed by atoms with Crippen LogP contribution in [0.15, 0.2) is 0 Å². The Bertz CT molecular complexity index is 378. The van der Waals surface area contributed by atoms with E-state index in [0.717, 1.165) is 6.42 Å². The van der Waals surface area contributed by atoms with Gasteiger partial charge < -0.3 is 20.1 Å². The van der Waals surface area contributed by atoms with Gasteiger partial charge in [0.25, 0.3) is 0 Å². The highest BCUT2D eigenvalue weighted by atomic mass is 16.5. The topological polar surface area (TPSA) is 78.9 Å². The van der Waals surface area contributed by atoms with Crippen molar-refractivity contribution in [3.63, 3.8) is 0 Å². The minimum atomic E-state index is -0.898. The highest BCUT2D eigenvalue weighted by Crippen LogP contribution is 2.23. The minimum Gasteiger partial charge on any atom is -0.481 e. The number of aliphatic carboxylic acids is 1. The van der Waals surface area contributed by atoms with Crippen molar-refractivity contribution in [3.8, 4) is 0 Å². The lowest BCUT2D eigenvalue weighted by atomic mass is 9.87. The average molecular weight is 300 g/mol. The van der Waals surface area contributed by atoms with E-state index >= 15 is 0 Å². The molecule has 0 bridgehead atoms. The summed E-state index contributed by atoms with van der Waals surface area (Å²) < 4.78 is 5.47. The molecule has 3 unspecified atom stereocenters. The van der Waals surface area contributed by atoms with E-state index in [-0.39, 0.29) is 36.1 Å². The Balaban J connectivity index is 2.64. The van der Waals surface area contributed by atoms with Crippen molar-refractivity contribution in [2.45, 2.75) is 65.1 Å². The summed E-state index contributed by atoms with van der Waals surface area (Å²) in [5.41, 5.74) is -0.0459. The number of ether oxygens (including phenoxy) is 1. The van der Waals surface area contributed by atoms with Gasteiger partial charge in [0.15, 0.2) is 0 Å². The number of hydrogen-bond donors (Lipinski definition) is 2. The van der Waals surface area contributed by atoms with Crippen molar-refractivity contribution in [3.05, 3.63) is 0 Å². The maximum Gasteiger partial charge on any atom is 0.317 e. The van der Waals surface area contributed by atoms with E-state index in [1.54, 1.807) is 11.9 Å². The minimum absolute atomic E-state index is 0.0151. The van der Waals surface area contributed by atoms with E-state index in [9.17, 15) is 9.59 Å². The molecule has 0 saturated carbocycles. The van der Waals surface area contributed by atoms with Gasteiger partial charge in [-0.25, -0.2) is 4.79 Å². The molecule has 2 amide bonds. The number of carboxylic acid groups (broad SMARTS) is 1. The number of carbonyl (C=O) groups is 2. The summed E-state index contributed by atoms with van der Waals surface area (Å²) in [4.78, 5) is 24.9. The number of amides is 2. The number of rotatable bonds is 5. The summed E-state index contributed by atoms with van der Waals surface area (Å²) in [6.45, 7) is 8.70. The van der Waals surface area contributed by atoms with Crippen LogP contribution in [0.5, 0.6) is 0 Å². The number of urea groups is 1. The van der Waals surface area contributed by atoms with E-state index in [1.807, 2.05) is 27.7 Å². The molecule has 0 aromatic carbocycles. The third-order valence-corrected chi connectivity index (χ3v) is 3.76. The van der Waals surface area contributed by atoms with Gasteiger partial charge in [-0.2, -0.15) is 0 Å². The lowest BCUT2D eigenvalue weighted by Gasteiger charge is -2.31. The number of hydrogen-bond acceptors (Lipinski definition) is 3. The lowest BCUT2D eigenvalue weighted by molar-refractivity contribution is -0.137. The molecule has 0 radical (unpaired) electrons. The zero-order valence-electron chi connectivity index (χ0n) is 13.7. The smallest absolute Gasteiger partial charge is 0.317 e. The van der Waals surface area contributed by atoms with Crippen LogP contribution in [0, 0.1) is 5.41 Å². The molecule has 1 fully saturated rings. The highest BCUT2D eigenvalue weighted by Gasteiger charge is 2.32. The van der Waals surface area contributed by atoms with Crippen molar-refractivity contribution in [2.24, 2.45) is 5.41 Å². The molecular formula is C15H28N2O4. The van der Waals surface area contributed by atoms with Crippen molar-refractivity contribution >= 4 is 12.0 Å². The zero-order valence-corrected chi connectivity index (χ0v) is 13.7. The molecule has 1 heterocycles. The lowest BCUT2D eigenvalue weighted by Crippen LogP contribution is -2.50. The molecular weight excluding hydrogens is 272 g/mol. The second kappa shape index (κ2) is 7.11. The number of nitrogens with zero attached hydrogens (tertiary/aromatic N) is 1. The number of carboxylic acids is 1. The Labute approximate surface area is 126 Å². The fourth-order valence-corrected chi connectivity index (χ4v) is 2.78. The van der Waals surface area contributed by atoms with Gasteiger partial charge in [0.1, 0.15) is 0 Å². The zero-order chi connectivity index (χ0) is 16.2. The molecule has 0 aliphatic carbocycles. The third kappa shape index (κ3) is 5.91. The summed E-state index contributed by atoms with van der Waals surface area (Å²) >= 11 is 0. The first-order valence-electron chi connectivity index (χ1n) is 7.47. The predicted molar refractivity (Wildman–Crippen MR) is 80.2 cm³/mol. The van der Waals surface area contributed by atoms with Crippen LogP contribution in [0.1, 0.15) is 47.0 Å². The first kappa shape index (κ1) is 17.8. The Morgan fingerprint density at radius 2 is 2.05 bits per heavy atom. The van der Waals surface area contributed by atoms with Crippen LogP contribution < -0.4 is 5.32 Å². The van der Waals surface area contributed by atoms with E-state index in [1.165, 1.54) is 0 Å². The van der Waals surface area contributed by atoms with Crippen LogP contribution in [0.25, 0.3) is 0 Å². The van der Waals surface area contributed by atoms with Crippen LogP contribution in [0.2, 0.25) is 0 Å². The van der Waals surface area contributed by atoms with Crippen LogP contribution in [0.3, 0.4) is 0 Å². The Hall–Kier alpha value is -1.30. The molecule has 0 aromatic rings. The van der Waals surface area contributed by atoms with Crippen molar-refractivity contribution in [1.82, 2.24) is 10.2 Å². The number of carbonyl (C=O) groups excluding carboxylic acids is 1. The summed E-state index contributed by atoms with van der Waals surface area (Å²) in [6, 6.07) is -0.548.